The summed E-state index contributed by atoms with van der Waals surface area (Å²) < 4.78 is 8.45. The van der Waals surface area contributed by atoms with Gasteiger partial charge in [-0.05, 0) is 98.7 Å². The summed E-state index contributed by atoms with van der Waals surface area (Å²) in [7, 11) is 0. The van der Waals surface area contributed by atoms with Gasteiger partial charge in [0.25, 0.3) is 0 Å². The van der Waals surface area contributed by atoms with Crippen LogP contribution in [0.4, 0.5) is 5.69 Å². The predicted molar refractivity (Wildman–Crippen MR) is 216 cm³/mol. The zero-order chi connectivity index (χ0) is 35.5. The number of anilines is 1. The summed E-state index contributed by atoms with van der Waals surface area (Å²) in [5.74, 6) is 1.55. The van der Waals surface area contributed by atoms with Gasteiger partial charge in [-0.1, -0.05) is 130 Å². The second kappa shape index (κ2) is 16.9. The lowest BCUT2D eigenvalue weighted by Gasteiger charge is -2.35. The van der Waals surface area contributed by atoms with E-state index in [-0.39, 0.29) is 0 Å². The number of hydrogen-bond donors (Lipinski definition) is 0. The van der Waals surface area contributed by atoms with E-state index < -0.39 is 0 Å². The number of nitrogens with zero attached hydrogens (tertiary/aromatic N) is 2. The van der Waals surface area contributed by atoms with Crippen molar-refractivity contribution >= 4 is 27.5 Å². The Morgan fingerprint density at radius 1 is 0.640 bits per heavy atom. The van der Waals surface area contributed by atoms with E-state index in [2.05, 4.69) is 151 Å². The average molecular weight is 655 g/mol. The molecule has 1 aliphatic rings. The third kappa shape index (κ3) is 7.33. The Hall–Kier alpha value is -6.06. The largest absolute Gasteiger partial charge is 0.453 e. The number of allylic oxidation sites excluding steroid dienone is 6. The summed E-state index contributed by atoms with van der Waals surface area (Å²) in [4.78, 5) is 2.15. The molecule has 1 aromatic heterocycles. The minimum atomic E-state index is 0.763. The lowest BCUT2D eigenvalue weighted by molar-refractivity contribution is 0.312. The topological polar surface area (TPSA) is 17.4 Å². The van der Waals surface area contributed by atoms with Crippen LogP contribution in [0.2, 0.25) is 0 Å². The molecule has 0 unspecified atom stereocenters. The highest BCUT2D eigenvalue weighted by atomic mass is 16.5. The van der Waals surface area contributed by atoms with E-state index in [9.17, 15) is 0 Å². The molecule has 7 rings (SSSR count). The summed E-state index contributed by atoms with van der Waals surface area (Å²) in [5.41, 5.74) is 10.3. The first kappa shape index (κ1) is 35.3. The number of aromatic nitrogens is 1. The number of para-hydroxylation sites is 2. The molecule has 0 spiro atoms. The summed E-state index contributed by atoms with van der Waals surface area (Å²) >= 11 is 0. The molecule has 0 bridgehead atoms. The minimum Gasteiger partial charge on any atom is -0.453 e. The van der Waals surface area contributed by atoms with Crippen molar-refractivity contribution in [3.05, 3.63) is 205 Å². The molecule has 0 amide bonds. The molecule has 0 fully saturated rings. The third-order valence-corrected chi connectivity index (χ3v) is 8.33. The van der Waals surface area contributed by atoms with Crippen molar-refractivity contribution in [2.24, 2.45) is 0 Å². The average Bonchev–Trinajstić information content (AvgIpc) is 3.50. The molecule has 2 heterocycles. The Bertz CT molecular complexity index is 2190. The lowest BCUT2D eigenvalue weighted by atomic mass is 10.0. The normalized spacial score (nSPS) is 14.3. The van der Waals surface area contributed by atoms with Gasteiger partial charge in [0.1, 0.15) is 5.76 Å². The number of fused-ring (bicyclic) bond motifs is 3. The van der Waals surface area contributed by atoms with Gasteiger partial charge >= 0.3 is 0 Å². The van der Waals surface area contributed by atoms with Gasteiger partial charge in [-0.15, -0.1) is 0 Å². The van der Waals surface area contributed by atoms with Crippen LogP contribution in [-0.2, 0) is 4.74 Å². The quantitative estimate of drug-likeness (QED) is 0.178. The van der Waals surface area contributed by atoms with Crippen molar-refractivity contribution in [1.82, 2.24) is 4.57 Å². The van der Waals surface area contributed by atoms with Gasteiger partial charge < -0.3 is 14.2 Å². The highest BCUT2D eigenvalue weighted by molar-refractivity contribution is 6.09. The highest BCUT2D eigenvalue weighted by Crippen LogP contribution is 2.38. The Morgan fingerprint density at radius 3 is 1.90 bits per heavy atom. The van der Waals surface area contributed by atoms with E-state index in [0.717, 1.165) is 28.6 Å². The molecule has 0 saturated heterocycles. The van der Waals surface area contributed by atoms with Gasteiger partial charge in [0, 0.05) is 22.1 Å². The van der Waals surface area contributed by atoms with Gasteiger partial charge in [-0.3, -0.25) is 0 Å². The van der Waals surface area contributed by atoms with E-state index in [1.54, 1.807) is 6.08 Å². The maximum Gasteiger partial charge on any atom is 0.151 e. The first-order valence-corrected chi connectivity index (χ1v) is 17.3. The zero-order valence-electron chi connectivity index (χ0n) is 29.8. The summed E-state index contributed by atoms with van der Waals surface area (Å²) in [6.07, 6.45) is 11.4. The summed E-state index contributed by atoms with van der Waals surface area (Å²) in [6, 6.07) is 44.7. The number of aryl methyl sites for hydroxylation is 1. The number of benzene rings is 5. The molecule has 0 atom stereocenters. The number of hydrogen-bond acceptors (Lipinski definition) is 2. The molecule has 0 aliphatic carbocycles. The van der Waals surface area contributed by atoms with E-state index >= 15 is 0 Å². The Labute approximate surface area is 297 Å². The van der Waals surface area contributed by atoms with Gasteiger partial charge in [0.2, 0.25) is 0 Å². The van der Waals surface area contributed by atoms with Crippen molar-refractivity contribution in [2.45, 2.75) is 34.6 Å². The molecule has 1 aliphatic heterocycles. The third-order valence-electron chi connectivity index (χ3n) is 8.33. The molecule has 3 heteroatoms. The summed E-state index contributed by atoms with van der Waals surface area (Å²) in [6.45, 7) is 18.0. The fourth-order valence-electron chi connectivity index (χ4n) is 6.16. The standard InChI is InChI=1S/C26H25NO.C19H15N.C2H6/c1-5-12-24-25(8-4)28-26(13-6-2)23(7-3)27(24)22-18-16-21(17-19-22)20-14-10-9-11-15-20;1-14-11-12-19-17(13-14)16-9-5-6-10-18(16)20(19)15-7-3-2-4-8-15;1-2/h5-19H,1,3H2,2,4H3;2-13H,1H3;1-2H3/b13-6-,24-12+,25-8+;;. The Balaban J connectivity index is 0.000000194. The van der Waals surface area contributed by atoms with Crippen LogP contribution in [0.3, 0.4) is 0 Å². The monoisotopic (exact) mass is 654 g/mol. The zero-order valence-corrected chi connectivity index (χ0v) is 29.8. The van der Waals surface area contributed by atoms with E-state index in [4.69, 9.17) is 4.74 Å². The smallest absolute Gasteiger partial charge is 0.151 e. The van der Waals surface area contributed by atoms with Crippen molar-refractivity contribution < 1.29 is 4.74 Å². The van der Waals surface area contributed by atoms with Crippen LogP contribution >= 0.6 is 0 Å². The van der Waals surface area contributed by atoms with Gasteiger partial charge in [0.05, 0.1) is 22.4 Å². The van der Waals surface area contributed by atoms with Gasteiger partial charge in [-0.25, -0.2) is 0 Å². The molecule has 0 radical (unpaired) electrons. The van der Waals surface area contributed by atoms with Gasteiger partial charge in [0.15, 0.2) is 5.76 Å². The Kier molecular flexibility index (Phi) is 11.9. The molecule has 5 aromatic carbocycles. The second-order valence-corrected chi connectivity index (χ2v) is 11.5. The summed E-state index contributed by atoms with van der Waals surface area (Å²) in [5, 5.41) is 2.64. The molecule has 3 nitrogen and oxygen atoms in total. The molecule has 0 N–H and O–H groups in total. The maximum atomic E-state index is 6.11. The van der Waals surface area contributed by atoms with Crippen LogP contribution in [0.5, 0.6) is 0 Å². The Morgan fingerprint density at radius 2 is 1.26 bits per heavy atom. The molecular formula is C47H46N2O. The van der Waals surface area contributed by atoms with Crippen LogP contribution in [0.1, 0.15) is 33.3 Å². The first-order valence-electron chi connectivity index (χ1n) is 17.3. The molecule has 250 valence electrons. The van der Waals surface area contributed by atoms with Crippen molar-refractivity contribution in [3.8, 4) is 16.8 Å². The number of rotatable bonds is 6. The lowest BCUT2D eigenvalue weighted by Crippen LogP contribution is -2.28. The minimum absolute atomic E-state index is 0.763. The van der Waals surface area contributed by atoms with E-state index in [1.807, 2.05) is 64.1 Å². The van der Waals surface area contributed by atoms with Crippen molar-refractivity contribution in [3.63, 3.8) is 0 Å². The fraction of sp³-hybridized carbons (Fsp3) is 0.106. The van der Waals surface area contributed by atoms with Crippen LogP contribution < -0.4 is 4.90 Å². The highest BCUT2D eigenvalue weighted by Gasteiger charge is 2.27. The van der Waals surface area contributed by atoms with Crippen LogP contribution in [-0.4, -0.2) is 4.57 Å². The SMILES string of the molecule is C=C/C=C1\C(=C/C)OC(/C=C\C)=C(C=C)N1c1ccc(-c2ccccc2)cc1.CC.Cc1ccc2c(c1)c1ccccc1n2-c1ccccc1. The van der Waals surface area contributed by atoms with E-state index in [0.29, 0.717) is 0 Å². The maximum absolute atomic E-state index is 6.11. The molecule has 0 saturated carbocycles. The van der Waals surface area contributed by atoms with Crippen molar-refractivity contribution in [2.75, 3.05) is 4.90 Å². The predicted octanol–water partition coefficient (Wildman–Crippen LogP) is 13.3. The molecular weight excluding hydrogens is 609 g/mol. The first-order chi connectivity index (χ1) is 24.6. The van der Waals surface area contributed by atoms with Gasteiger partial charge in [-0.2, -0.15) is 0 Å². The van der Waals surface area contributed by atoms with Crippen LogP contribution in [0, 0.1) is 6.92 Å². The number of ether oxygens (including phenoxy) is 1. The molecule has 6 aromatic rings. The fourth-order valence-corrected chi connectivity index (χ4v) is 6.16. The van der Waals surface area contributed by atoms with Crippen LogP contribution in [0.25, 0.3) is 38.6 Å². The molecule has 50 heavy (non-hydrogen) atoms. The second-order valence-electron chi connectivity index (χ2n) is 11.5. The van der Waals surface area contributed by atoms with Crippen LogP contribution in [0.15, 0.2) is 200 Å². The van der Waals surface area contributed by atoms with E-state index in [1.165, 1.54) is 44.2 Å². The van der Waals surface area contributed by atoms with Crippen molar-refractivity contribution in [1.29, 1.82) is 0 Å².